The van der Waals surface area contributed by atoms with Crippen molar-refractivity contribution in [2.24, 2.45) is 5.92 Å². The molecular formula is C19H23NO2S. The summed E-state index contributed by atoms with van der Waals surface area (Å²) in [5.74, 6) is 1.66. The molecule has 1 aliphatic carbocycles. The Hall–Kier alpha value is -1.81. The van der Waals surface area contributed by atoms with Gasteiger partial charge in [0, 0.05) is 11.4 Å². The summed E-state index contributed by atoms with van der Waals surface area (Å²) in [5.41, 5.74) is 2.50. The maximum atomic E-state index is 12.4. The number of thiophene rings is 1. The zero-order valence-corrected chi connectivity index (χ0v) is 14.5. The zero-order valence-electron chi connectivity index (χ0n) is 13.7. The SMILES string of the molecule is COc1ccccc1CCNC(=O)c1cc2c(s1)CCC(C)C2. The van der Waals surface area contributed by atoms with E-state index in [-0.39, 0.29) is 5.91 Å². The topological polar surface area (TPSA) is 38.3 Å². The molecule has 0 saturated heterocycles. The average molecular weight is 329 g/mol. The fourth-order valence-electron chi connectivity index (χ4n) is 3.13. The van der Waals surface area contributed by atoms with Gasteiger partial charge in [-0.25, -0.2) is 0 Å². The van der Waals surface area contributed by atoms with Crippen molar-refractivity contribution in [2.45, 2.75) is 32.6 Å². The Morgan fingerprint density at radius 2 is 2.22 bits per heavy atom. The van der Waals surface area contributed by atoms with Gasteiger partial charge >= 0.3 is 0 Å². The summed E-state index contributed by atoms with van der Waals surface area (Å²) in [6.07, 6.45) is 4.25. The molecule has 1 aromatic heterocycles. The quantitative estimate of drug-likeness (QED) is 0.905. The van der Waals surface area contributed by atoms with Crippen molar-refractivity contribution >= 4 is 17.2 Å². The molecule has 0 bridgehead atoms. The normalized spacial score (nSPS) is 16.7. The molecule has 1 aliphatic rings. The summed E-state index contributed by atoms with van der Waals surface area (Å²) in [4.78, 5) is 14.6. The minimum atomic E-state index is 0.0481. The predicted molar refractivity (Wildman–Crippen MR) is 94.5 cm³/mol. The van der Waals surface area contributed by atoms with Crippen molar-refractivity contribution in [2.75, 3.05) is 13.7 Å². The maximum absolute atomic E-state index is 12.4. The standard InChI is InChI=1S/C19H23NO2S/c1-13-7-8-17-15(11-13)12-18(23-17)19(21)20-10-9-14-5-3-4-6-16(14)22-2/h3-6,12-13H,7-11H2,1-2H3,(H,20,21). The number of hydrogen-bond acceptors (Lipinski definition) is 3. The first kappa shape index (κ1) is 16.1. The minimum absolute atomic E-state index is 0.0481. The van der Waals surface area contributed by atoms with E-state index < -0.39 is 0 Å². The van der Waals surface area contributed by atoms with Crippen LogP contribution in [0.5, 0.6) is 5.75 Å². The lowest BCUT2D eigenvalue weighted by Crippen LogP contribution is -2.25. The second-order valence-electron chi connectivity index (χ2n) is 6.22. The molecule has 3 nitrogen and oxygen atoms in total. The van der Waals surface area contributed by atoms with Gasteiger partial charge in [-0.1, -0.05) is 25.1 Å². The first-order valence-electron chi connectivity index (χ1n) is 8.19. The second kappa shape index (κ2) is 7.18. The molecule has 4 heteroatoms. The monoisotopic (exact) mass is 329 g/mol. The van der Waals surface area contributed by atoms with Gasteiger partial charge in [0.1, 0.15) is 5.75 Å². The van der Waals surface area contributed by atoms with E-state index in [0.717, 1.165) is 41.4 Å². The predicted octanol–water partition coefficient (Wildman–Crippen LogP) is 3.85. The van der Waals surface area contributed by atoms with E-state index in [1.54, 1.807) is 18.4 Å². The highest BCUT2D eigenvalue weighted by molar-refractivity contribution is 7.14. The Balaban J connectivity index is 1.58. The summed E-state index contributed by atoms with van der Waals surface area (Å²) in [5, 5.41) is 3.04. The van der Waals surface area contributed by atoms with Crippen LogP contribution in [-0.4, -0.2) is 19.6 Å². The number of nitrogens with one attached hydrogen (secondary N) is 1. The lowest BCUT2D eigenvalue weighted by molar-refractivity contribution is 0.0958. The molecule has 0 spiro atoms. The Morgan fingerprint density at radius 3 is 3.04 bits per heavy atom. The molecule has 1 amide bonds. The van der Waals surface area contributed by atoms with Crippen molar-refractivity contribution in [1.82, 2.24) is 5.32 Å². The Labute approximate surface area is 141 Å². The molecule has 0 aliphatic heterocycles. The number of hydrogen-bond donors (Lipinski definition) is 1. The summed E-state index contributed by atoms with van der Waals surface area (Å²) in [7, 11) is 1.68. The smallest absolute Gasteiger partial charge is 0.261 e. The van der Waals surface area contributed by atoms with Gasteiger partial charge in [-0.2, -0.15) is 0 Å². The Bertz CT molecular complexity index is 692. The highest BCUT2D eigenvalue weighted by Gasteiger charge is 2.20. The van der Waals surface area contributed by atoms with Crippen LogP contribution in [-0.2, 0) is 19.3 Å². The third-order valence-corrected chi connectivity index (χ3v) is 5.66. The fourth-order valence-corrected chi connectivity index (χ4v) is 4.25. The minimum Gasteiger partial charge on any atom is -0.496 e. The number of amides is 1. The van der Waals surface area contributed by atoms with E-state index in [1.807, 2.05) is 24.3 Å². The van der Waals surface area contributed by atoms with E-state index in [2.05, 4.69) is 18.3 Å². The average Bonchev–Trinajstić information content (AvgIpc) is 2.98. The van der Waals surface area contributed by atoms with Gasteiger partial charge in [-0.05, 0) is 54.9 Å². The van der Waals surface area contributed by atoms with Crippen LogP contribution in [0.2, 0.25) is 0 Å². The van der Waals surface area contributed by atoms with Crippen LogP contribution < -0.4 is 10.1 Å². The van der Waals surface area contributed by atoms with Gasteiger partial charge in [0.25, 0.3) is 5.91 Å². The molecule has 122 valence electrons. The third kappa shape index (κ3) is 3.75. The lowest BCUT2D eigenvalue weighted by Gasteiger charge is -2.16. The summed E-state index contributed by atoms with van der Waals surface area (Å²) >= 11 is 1.66. The number of benzene rings is 1. The van der Waals surface area contributed by atoms with Gasteiger partial charge in [0.05, 0.1) is 12.0 Å². The molecule has 1 unspecified atom stereocenters. The number of para-hydroxylation sites is 1. The van der Waals surface area contributed by atoms with Crippen LogP contribution in [0.3, 0.4) is 0 Å². The van der Waals surface area contributed by atoms with E-state index >= 15 is 0 Å². The number of carbonyl (C=O) groups is 1. The van der Waals surface area contributed by atoms with E-state index in [9.17, 15) is 4.79 Å². The first-order chi connectivity index (χ1) is 11.2. The molecule has 0 radical (unpaired) electrons. The molecule has 2 aromatic rings. The third-order valence-electron chi connectivity index (χ3n) is 4.43. The van der Waals surface area contributed by atoms with E-state index in [0.29, 0.717) is 6.54 Å². The van der Waals surface area contributed by atoms with Crippen molar-refractivity contribution in [3.63, 3.8) is 0 Å². The Morgan fingerprint density at radius 1 is 1.39 bits per heavy atom. The number of carbonyl (C=O) groups excluding carboxylic acids is 1. The molecule has 23 heavy (non-hydrogen) atoms. The number of rotatable bonds is 5. The first-order valence-corrected chi connectivity index (χ1v) is 9.00. The summed E-state index contributed by atoms with van der Waals surface area (Å²) in [6, 6.07) is 10.0. The molecule has 1 heterocycles. The van der Waals surface area contributed by atoms with Crippen LogP contribution in [0.4, 0.5) is 0 Å². The van der Waals surface area contributed by atoms with Crippen molar-refractivity contribution in [3.05, 3.63) is 51.2 Å². The van der Waals surface area contributed by atoms with Crippen molar-refractivity contribution in [1.29, 1.82) is 0 Å². The molecule has 0 saturated carbocycles. The highest BCUT2D eigenvalue weighted by Crippen LogP contribution is 2.32. The van der Waals surface area contributed by atoms with Crippen LogP contribution in [0.25, 0.3) is 0 Å². The molecule has 3 rings (SSSR count). The lowest BCUT2D eigenvalue weighted by atomic mass is 9.90. The highest BCUT2D eigenvalue weighted by atomic mass is 32.1. The molecule has 1 aromatic carbocycles. The van der Waals surface area contributed by atoms with Crippen LogP contribution in [0.15, 0.2) is 30.3 Å². The van der Waals surface area contributed by atoms with Gasteiger partial charge in [-0.15, -0.1) is 11.3 Å². The Kier molecular flexibility index (Phi) is 5.01. The van der Waals surface area contributed by atoms with Crippen LogP contribution in [0, 0.1) is 5.92 Å². The van der Waals surface area contributed by atoms with Gasteiger partial charge in [0.2, 0.25) is 0 Å². The maximum Gasteiger partial charge on any atom is 0.261 e. The molecular weight excluding hydrogens is 306 g/mol. The largest absolute Gasteiger partial charge is 0.496 e. The molecule has 1 atom stereocenters. The van der Waals surface area contributed by atoms with Crippen molar-refractivity contribution < 1.29 is 9.53 Å². The summed E-state index contributed by atoms with van der Waals surface area (Å²) in [6.45, 7) is 2.91. The summed E-state index contributed by atoms with van der Waals surface area (Å²) < 4.78 is 5.34. The van der Waals surface area contributed by atoms with Gasteiger partial charge in [-0.3, -0.25) is 4.79 Å². The molecule has 0 fully saturated rings. The van der Waals surface area contributed by atoms with Crippen LogP contribution >= 0.6 is 11.3 Å². The van der Waals surface area contributed by atoms with Gasteiger partial charge < -0.3 is 10.1 Å². The molecule has 1 N–H and O–H groups in total. The zero-order chi connectivity index (χ0) is 16.2. The number of ether oxygens (including phenoxy) is 1. The van der Waals surface area contributed by atoms with Crippen LogP contribution in [0.1, 0.15) is 39.0 Å². The number of fused-ring (bicyclic) bond motifs is 1. The van der Waals surface area contributed by atoms with E-state index in [4.69, 9.17) is 4.74 Å². The van der Waals surface area contributed by atoms with Gasteiger partial charge in [0.15, 0.2) is 0 Å². The number of methoxy groups -OCH3 is 1. The number of aryl methyl sites for hydroxylation is 1. The second-order valence-corrected chi connectivity index (χ2v) is 7.36. The van der Waals surface area contributed by atoms with Crippen molar-refractivity contribution in [3.8, 4) is 5.75 Å². The van der Waals surface area contributed by atoms with E-state index in [1.165, 1.54) is 16.9 Å². The fraction of sp³-hybridized carbons (Fsp3) is 0.421.